The van der Waals surface area contributed by atoms with Crippen molar-refractivity contribution in [3.63, 3.8) is 0 Å². The number of furan rings is 1. The Bertz CT molecular complexity index is 749. The summed E-state index contributed by atoms with van der Waals surface area (Å²) in [6, 6.07) is 12.9. The van der Waals surface area contributed by atoms with Gasteiger partial charge in [0.25, 0.3) is 0 Å². The lowest BCUT2D eigenvalue weighted by Crippen LogP contribution is -2.03. The van der Waals surface area contributed by atoms with Crippen LogP contribution in [0, 0.1) is 18.3 Å². The average molecular weight is 273 g/mol. The molecule has 1 heterocycles. The first-order valence-electron chi connectivity index (χ1n) is 5.52. The number of hydrogen-bond acceptors (Lipinski definition) is 4. The van der Waals surface area contributed by atoms with E-state index in [9.17, 15) is 8.42 Å². The molecule has 19 heavy (non-hydrogen) atoms. The summed E-state index contributed by atoms with van der Waals surface area (Å²) in [4.78, 5) is -0.251. The lowest BCUT2D eigenvalue weighted by atomic mass is 10.4. The van der Waals surface area contributed by atoms with Crippen molar-refractivity contribution < 1.29 is 12.8 Å². The zero-order valence-electron chi connectivity index (χ0n) is 10.2. The molecule has 0 radical (unpaired) electrons. The van der Waals surface area contributed by atoms with Crippen LogP contribution in [0.15, 0.2) is 56.7 Å². The molecule has 0 atom stereocenters. The third kappa shape index (κ3) is 2.75. The Morgan fingerprint density at radius 2 is 1.89 bits per heavy atom. The predicted molar refractivity (Wildman–Crippen MR) is 70.7 cm³/mol. The number of rotatable bonds is 3. The number of sulfone groups is 1. The maximum atomic E-state index is 12.2. The van der Waals surface area contributed by atoms with Crippen molar-refractivity contribution in [3.8, 4) is 6.07 Å². The van der Waals surface area contributed by atoms with E-state index in [0.717, 1.165) is 0 Å². The molecule has 0 spiro atoms. The molecule has 0 fully saturated rings. The maximum Gasteiger partial charge on any atom is 0.216 e. The second-order valence-corrected chi connectivity index (χ2v) is 5.80. The van der Waals surface area contributed by atoms with Gasteiger partial charge in [-0.25, -0.2) is 8.42 Å². The van der Waals surface area contributed by atoms with E-state index in [0.29, 0.717) is 11.5 Å². The molecular weight excluding hydrogens is 262 g/mol. The molecule has 0 amide bonds. The van der Waals surface area contributed by atoms with E-state index in [1.807, 2.05) is 0 Å². The molecule has 0 aliphatic heterocycles. The van der Waals surface area contributed by atoms with Crippen LogP contribution < -0.4 is 0 Å². The second kappa shape index (κ2) is 5.12. The van der Waals surface area contributed by atoms with Crippen molar-refractivity contribution >= 4 is 15.9 Å². The quantitative estimate of drug-likeness (QED) is 0.806. The Labute approximate surface area is 111 Å². The van der Waals surface area contributed by atoms with Crippen LogP contribution in [-0.4, -0.2) is 8.42 Å². The summed E-state index contributed by atoms with van der Waals surface area (Å²) in [5.74, 6) is 0.995. The van der Waals surface area contributed by atoms with Crippen molar-refractivity contribution in [2.75, 3.05) is 0 Å². The lowest BCUT2D eigenvalue weighted by Gasteiger charge is -2.01. The fourth-order valence-electron chi connectivity index (χ4n) is 1.56. The van der Waals surface area contributed by atoms with Gasteiger partial charge in [-0.15, -0.1) is 0 Å². The number of nitrogens with zero attached hydrogens (tertiary/aromatic N) is 1. The van der Waals surface area contributed by atoms with Gasteiger partial charge in [0.05, 0.1) is 4.90 Å². The highest BCUT2D eigenvalue weighted by Gasteiger charge is 2.20. The number of allylic oxidation sites excluding steroid dienone is 1. The van der Waals surface area contributed by atoms with Crippen LogP contribution in [-0.2, 0) is 9.84 Å². The van der Waals surface area contributed by atoms with Crippen LogP contribution in [0.1, 0.15) is 11.5 Å². The summed E-state index contributed by atoms with van der Waals surface area (Å²) in [5, 5.41) is 9.05. The molecule has 0 N–H and O–H groups in total. The molecule has 2 aromatic rings. The van der Waals surface area contributed by atoms with Crippen LogP contribution in [0.25, 0.3) is 6.08 Å². The monoisotopic (exact) mass is 273 g/mol. The van der Waals surface area contributed by atoms with E-state index >= 15 is 0 Å². The van der Waals surface area contributed by atoms with Gasteiger partial charge in [0.2, 0.25) is 9.84 Å². The highest BCUT2D eigenvalue weighted by Crippen LogP contribution is 2.21. The van der Waals surface area contributed by atoms with E-state index in [2.05, 4.69) is 0 Å². The zero-order chi connectivity index (χ0) is 13.9. The van der Waals surface area contributed by atoms with Gasteiger partial charge in [-0.1, -0.05) is 18.2 Å². The molecule has 0 aliphatic carbocycles. The molecule has 4 nitrogen and oxygen atoms in total. The van der Waals surface area contributed by atoms with Crippen molar-refractivity contribution in [2.45, 2.75) is 11.8 Å². The fraction of sp³-hybridized carbons (Fsp3) is 0.0714. The summed E-state index contributed by atoms with van der Waals surface area (Å²) >= 11 is 0. The van der Waals surface area contributed by atoms with E-state index in [-0.39, 0.29) is 9.80 Å². The van der Waals surface area contributed by atoms with E-state index in [1.54, 1.807) is 43.3 Å². The molecule has 0 bridgehead atoms. The Hall–Kier alpha value is -2.32. The largest absolute Gasteiger partial charge is 0.462 e. The minimum Gasteiger partial charge on any atom is -0.462 e. The minimum absolute atomic E-state index is 0.0890. The van der Waals surface area contributed by atoms with Crippen LogP contribution in [0.3, 0.4) is 0 Å². The summed E-state index contributed by atoms with van der Waals surface area (Å²) in [7, 11) is -3.80. The van der Waals surface area contributed by atoms with Crippen molar-refractivity contribution in [3.05, 3.63) is 58.9 Å². The van der Waals surface area contributed by atoms with Gasteiger partial charge in [0.15, 0.2) is 4.91 Å². The molecule has 0 saturated carbocycles. The maximum absolute atomic E-state index is 12.2. The summed E-state index contributed by atoms with van der Waals surface area (Å²) in [6.45, 7) is 1.75. The number of aryl methyl sites for hydroxylation is 1. The van der Waals surface area contributed by atoms with Crippen molar-refractivity contribution in [1.82, 2.24) is 0 Å². The van der Waals surface area contributed by atoms with Crippen LogP contribution in [0.5, 0.6) is 0 Å². The first-order valence-corrected chi connectivity index (χ1v) is 7.01. The molecule has 0 unspecified atom stereocenters. The number of nitriles is 1. The Morgan fingerprint density at radius 1 is 1.21 bits per heavy atom. The molecule has 0 aliphatic rings. The normalized spacial score (nSPS) is 12.1. The first kappa shape index (κ1) is 13.1. The van der Waals surface area contributed by atoms with Crippen molar-refractivity contribution in [2.24, 2.45) is 0 Å². The van der Waals surface area contributed by atoms with Gasteiger partial charge in [-0.3, -0.25) is 0 Å². The topological polar surface area (TPSA) is 71.1 Å². The summed E-state index contributed by atoms with van der Waals surface area (Å²) < 4.78 is 29.7. The van der Waals surface area contributed by atoms with Crippen molar-refractivity contribution in [1.29, 1.82) is 5.26 Å². The SMILES string of the molecule is Cc1ccc(/C=C(\C#N)S(=O)(=O)c2ccccc2)o1. The highest BCUT2D eigenvalue weighted by molar-refractivity contribution is 7.95. The molecule has 1 aromatic heterocycles. The average Bonchev–Trinajstić information content (AvgIpc) is 2.82. The Kier molecular flexibility index (Phi) is 3.54. The van der Waals surface area contributed by atoms with E-state index < -0.39 is 9.84 Å². The zero-order valence-corrected chi connectivity index (χ0v) is 11.0. The summed E-state index contributed by atoms with van der Waals surface area (Å²) in [6.07, 6.45) is 1.23. The second-order valence-electron chi connectivity index (χ2n) is 3.89. The van der Waals surface area contributed by atoms with Gasteiger partial charge < -0.3 is 4.42 Å². The minimum atomic E-state index is -3.80. The van der Waals surface area contributed by atoms with Gasteiger partial charge >= 0.3 is 0 Å². The molecule has 5 heteroatoms. The number of hydrogen-bond donors (Lipinski definition) is 0. The van der Waals surface area contributed by atoms with Gasteiger partial charge in [0, 0.05) is 6.08 Å². The molecule has 2 rings (SSSR count). The molecule has 96 valence electrons. The Morgan fingerprint density at radius 3 is 2.42 bits per heavy atom. The van der Waals surface area contributed by atoms with Gasteiger partial charge in [-0.2, -0.15) is 5.26 Å². The molecular formula is C14H11NO3S. The van der Waals surface area contributed by atoms with E-state index in [1.165, 1.54) is 18.2 Å². The smallest absolute Gasteiger partial charge is 0.216 e. The van der Waals surface area contributed by atoms with Crippen LogP contribution in [0.4, 0.5) is 0 Å². The lowest BCUT2D eigenvalue weighted by molar-refractivity contribution is 0.525. The van der Waals surface area contributed by atoms with Gasteiger partial charge in [0.1, 0.15) is 17.6 Å². The van der Waals surface area contributed by atoms with E-state index in [4.69, 9.17) is 9.68 Å². The Balaban J connectivity index is 2.49. The number of benzene rings is 1. The van der Waals surface area contributed by atoms with Crippen LogP contribution in [0.2, 0.25) is 0 Å². The standard InChI is InChI=1S/C14H11NO3S/c1-11-7-8-12(18-11)9-14(10-15)19(16,17)13-5-3-2-4-6-13/h2-9H,1H3/b14-9+. The molecule has 0 saturated heterocycles. The third-order valence-electron chi connectivity index (χ3n) is 2.49. The third-order valence-corrected chi connectivity index (χ3v) is 4.17. The fourth-order valence-corrected chi connectivity index (χ4v) is 2.72. The van der Waals surface area contributed by atoms with Gasteiger partial charge in [-0.05, 0) is 31.2 Å². The first-order chi connectivity index (χ1) is 9.04. The highest BCUT2D eigenvalue weighted by atomic mass is 32.2. The molecule has 1 aromatic carbocycles. The van der Waals surface area contributed by atoms with Crippen LogP contribution >= 0.6 is 0 Å². The predicted octanol–water partition coefficient (Wildman–Crippen LogP) is 2.93. The summed E-state index contributed by atoms with van der Waals surface area (Å²) in [5.41, 5.74) is 0.